The van der Waals surface area contributed by atoms with Crippen LogP contribution in [0.1, 0.15) is 42.7 Å². The van der Waals surface area contributed by atoms with E-state index in [2.05, 4.69) is 15.5 Å². The summed E-state index contributed by atoms with van der Waals surface area (Å²) in [7, 11) is 0. The Balaban J connectivity index is 1.94. The van der Waals surface area contributed by atoms with Crippen LogP contribution in [0.3, 0.4) is 0 Å². The Morgan fingerprint density at radius 1 is 1.48 bits per heavy atom. The van der Waals surface area contributed by atoms with Gasteiger partial charge in [-0.25, -0.2) is 4.79 Å². The molecule has 0 aromatic carbocycles. The van der Waals surface area contributed by atoms with Crippen molar-refractivity contribution in [3.05, 3.63) is 48.8 Å². The van der Waals surface area contributed by atoms with Crippen molar-refractivity contribution in [2.45, 2.75) is 38.8 Å². The summed E-state index contributed by atoms with van der Waals surface area (Å²) in [6.07, 6.45) is 2.11. The van der Waals surface area contributed by atoms with Gasteiger partial charge in [0.1, 0.15) is 5.56 Å². The molecule has 1 atom stereocenters. The average molecular weight is 334 g/mol. The van der Waals surface area contributed by atoms with E-state index in [1.807, 2.05) is 24.4 Å². The lowest BCUT2D eigenvalue weighted by molar-refractivity contribution is 0.394. The topological polar surface area (TPSA) is 99.5 Å². The van der Waals surface area contributed by atoms with E-state index >= 15 is 0 Å². The second-order valence-corrected chi connectivity index (χ2v) is 6.40. The summed E-state index contributed by atoms with van der Waals surface area (Å²) in [5.74, 6) is -0.306. The fourth-order valence-electron chi connectivity index (χ4n) is 2.60. The van der Waals surface area contributed by atoms with Gasteiger partial charge in [-0.1, -0.05) is 19.4 Å². The van der Waals surface area contributed by atoms with Crippen LogP contribution in [-0.4, -0.2) is 20.4 Å². The second-order valence-electron chi connectivity index (χ2n) is 5.42. The van der Waals surface area contributed by atoms with E-state index in [4.69, 9.17) is 0 Å². The standard InChI is InChI=1S/C15H18N4O3S/c1-2-3-6-19-14(21)12(13(20)16-15(19)22)10-8-9(17-18-10)11-5-4-7-23-11/h4-5,7,9,17,21H,2-3,6,8H2,1H3,(H,16,20,22). The molecule has 0 amide bonds. The number of thiophene rings is 1. The first-order valence-electron chi connectivity index (χ1n) is 7.53. The van der Waals surface area contributed by atoms with Crippen molar-refractivity contribution in [2.24, 2.45) is 5.10 Å². The first-order valence-corrected chi connectivity index (χ1v) is 8.41. The SMILES string of the molecule is CCCCn1c(O)c(C2=NNC(c3cccs3)C2)c(=O)[nH]c1=O. The van der Waals surface area contributed by atoms with Gasteiger partial charge in [0.15, 0.2) is 0 Å². The molecule has 0 saturated heterocycles. The maximum absolute atomic E-state index is 12.1. The molecule has 122 valence electrons. The molecule has 0 saturated carbocycles. The number of unbranched alkanes of at least 4 members (excludes halogenated alkanes) is 1. The van der Waals surface area contributed by atoms with E-state index in [9.17, 15) is 14.7 Å². The lowest BCUT2D eigenvalue weighted by Crippen LogP contribution is -2.33. The molecule has 7 nitrogen and oxygen atoms in total. The van der Waals surface area contributed by atoms with Crippen LogP contribution in [0.15, 0.2) is 32.2 Å². The molecule has 0 fully saturated rings. The number of rotatable bonds is 5. The Morgan fingerprint density at radius 2 is 2.30 bits per heavy atom. The zero-order valence-corrected chi connectivity index (χ0v) is 13.5. The Morgan fingerprint density at radius 3 is 3.00 bits per heavy atom. The third-order valence-corrected chi connectivity index (χ3v) is 4.82. The number of nitrogens with zero attached hydrogens (tertiary/aromatic N) is 2. The Kier molecular flexibility index (Phi) is 4.33. The van der Waals surface area contributed by atoms with Crippen LogP contribution >= 0.6 is 11.3 Å². The van der Waals surface area contributed by atoms with Gasteiger partial charge in [0.05, 0.1) is 11.8 Å². The van der Waals surface area contributed by atoms with Gasteiger partial charge in [0.2, 0.25) is 5.88 Å². The highest BCUT2D eigenvalue weighted by atomic mass is 32.1. The van der Waals surface area contributed by atoms with Gasteiger partial charge in [0.25, 0.3) is 5.56 Å². The molecule has 0 aliphatic carbocycles. The minimum Gasteiger partial charge on any atom is -0.494 e. The summed E-state index contributed by atoms with van der Waals surface area (Å²) in [5.41, 5.74) is 2.33. The molecule has 1 aliphatic rings. The Labute approximate surface area is 136 Å². The van der Waals surface area contributed by atoms with Crippen LogP contribution < -0.4 is 16.7 Å². The fourth-order valence-corrected chi connectivity index (χ4v) is 3.37. The number of aromatic hydroxyl groups is 1. The molecule has 0 spiro atoms. The first-order chi connectivity index (χ1) is 11.1. The third-order valence-electron chi connectivity index (χ3n) is 3.84. The molecule has 8 heteroatoms. The average Bonchev–Trinajstić information content (AvgIpc) is 3.17. The molecule has 2 aromatic heterocycles. The molecule has 3 N–H and O–H groups in total. The van der Waals surface area contributed by atoms with Crippen molar-refractivity contribution in [3.8, 4) is 5.88 Å². The Hall–Kier alpha value is -2.35. The number of aromatic amines is 1. The summed E-state index contributed by atoms with van der Waals surface area (Å²) in [6, 6.07) is 3.93. The van der Waals surface area contributed by atoms with E-state index in [1.165, 1.54) is 4.57 Å². The van der Waals surface area contributed by atoms with Crippen molar-refractivity contribution in [1.29, 1.82) is 0 Å². The van der Waals surface area contributed by atoms with Crippen LogP contribution in [-0.2, 0) is 6.54 Å². The van der Waals surface area contributed by atoms with Crippen molar-refractivity contribution in [1.82, 2.24) is 15.0 Å². The summed E-state index contributed by atoms with van der Waals surface area (Å²) in [4.78, 5) is 27.4. The van der Waals surface area contributed by atoms with Crippen LogP contribution in [0.4, 0.5) is 0 Å². The fraction of sp³-hybridized carbons (Fsp3) is 0.400. The largest absolute Gasteiger partial charge is 0.494 e. The number of aromatic nitrogens is 2. The quantitative estimate of drug-likeness (QED) is 0.772. The van der Waals surface area contributed by atoms with Gasteiger partial charge in [0, 0.05) is 17.8 Å². The van der Waals surface area contributed by atoms with E-state index in [-0.39, 0.29) is 17.5 Å². The van der Waals surface area contributed by atoms with Crippen molar-refractivity contribution >= 4 is 17.0 Å². The van der Waals surface area contributed by atoms with Crippen LogP contribution in [0.2, 0.25) is 0 Å². The lowest BCUT2D eigenvalue weighted by atomic mass is 10.1. The molecular weight excluding hydrogens is 316 g/mol. The normalized spacial score (nSPS) is 17.1. The van der Waals surface area contributed by atoms with Crippen LogP contribution in [0, 0.1) is 0 Å². The molecule has 1 unspecified atom stereocenters. The Bertz CT molecular complexity index is 835. The van der Waals surface area contributed by atoms with E-state index in [0.29, 0.717) is 18.7 Å². The predicted molar refractivity (Wildman–Crippen MR) is 89.2 cm³/mol. The van der Waals surface area contributed by atoms with Gasteiger partial charge in [-0.2, -0.15) is 5.10 Å². The molecule has 3 heterocycles. The third kappa shape index (κ3) is 2.94. The smallest absolute Gasteiger partial charge is 0.331 e. The highest BCUT2D eigenvalue weighted by molar-refractivity contribution is 7.10. The first kappa shape index (κ1) is 15.5. The number of hydrazone groups is 1. The monoisotopic (exact) mass is 334 g/mol. The molecule has 0 radical (unpaired) electrons. The van der Waals surface area contributed by atoms with Gasteiger partial charge in [-0.3, -0.25) is 14.3 Å². The maximum atomic E-state index is 12.1. The minimum atomic E-state index is -0.604. The summed E-state index contributed by atoms with van der Waals surface area (Å²) >= 11 is 1.60. The summed E-state index contributed by atoms with van der Waals surface area (Å²) < 4.78 is 1.20. The minimum absolute atomic E-state index is 0.0141. The predicted octanol–water partition coefficient (Wildman–Crippen LogP) is 1.54. The molecule has 23 heavy (non-hydrogen) atoms. The zero-order valence-electron chi connectivity index (χ0n) is 12.7. The highest BCUT2D eigenvalue weighted by Gasteiger charge is 2.27. The van der Waals surface area contributed by atoms with E-state index in [0.717, 1.165) is 17.7 Å². The van der Waals surface area contributed by atoms with Gasteiger partial charge >= 0.3 is 5.69 Å². The van der Waals surface area contributed by atoms with E-state index in [1.54, 1.807) is 11.3 Å². The van der Waals surface area contributed by atoms with Crippen LogP contribution in [0.5, 0.6) is 5.88 Å². The number of nitrogens with one attached hydrogen (secondary N) is 2. The summed E-state index contributed by atoms with van der Waals surface area (Å²) in [6.45, 7) is 2.35. The lowest BCUT2D eigenvalue weighted by Gasteiger charge is -2.11. The van der Waals surface area contributed by atoms with Crippen molar-refractivity contribution < 1.29 is 5.11 Å². The van der Waals surface area contributed by atoms with E-state index < -0.39 is 11.2 Å². The van der Waals surface area contributed by atoms with Gasteiger partial charge in [-0.15, -0.1) is 11.3 Å². The molecule has 1 aliphatic heterocycles. The highest BCUT2D eigenvalue weighted by Crippen LogP contribution is 2.28. The summed E-state index contributed by atoms with van der Waals surface area (Å²) in [5, 5.41) is 16.6. The number of H-pyrrole nitrogens is 1. The van der Waals surface area contributed by atoms with Crippen LogP contribution in [0.25, 0.3) is 0 Å². The van der Waals surface area contributed by atoms with Crippen molar-refractivity contribution in [2.75, 3.05) is 0 Å². The number of hydrogen-bond donors (Lipinski definition) is 3. The molecule has 2 aromatic rings. The molecule has 0 bridgehead atoms. The zero-order chi connectivity index (χ0) is 16.4. The second kappa shape index (κ2) is 6.41. The molecule has 3 rings (SSSR count). The van der Waals surface area contributed by atoms with Gasteiger partial charge in [-0.05, 0) is 17.9 Å². The molecular formula is C15H18N4O3S. The maximum Gasteiger partial charge on any atom is 0.331 e. The number of hydrogen-bond acceptors (Lipinski definition) is 6. The van der Waals surface area contributed by atoms with Crippen molar-refractivity contribution in [3.63, 3.8) is 0 Å². The van der Waals surface area contributed by atoms with Gasteiger partial charge < -0.3 is 10.5 Å².